The molecule has 116 valence electrons. The minimum Gasteiger partial charge on any atom is -0.343 e. The summed E-state index contributed by atoms with van der Waals surface area (Å²) in [5.41, 5.74) is 0. The van der Waals surface area contributed by atoms with Gasteiger partial charge in [0.2, 0.25) is 0 Å². The van der Waals surface area contributed by atoms with Crippen molar-refractivity contribution in [1.29, 1.82) is 0 Å². The predicted octanol–water partition coefficient (Wildman–Crippen LogP) is 4.62. The van der Waals surface area contributed by atoms with E-state index >= 15 is 0 Å². The highest BCUT2D eigenvalue weighted by Gasteiger charge is 2.30. The van der Waals surface area contributed by atoms with Crippen LogP contribution in [0.1, 0.15) is 86.0 Å². The van der Waals surface area contributed by atoms with Gasteiger partial charge in [0.05, 0.1) is 12.2 Å². The summed E-state index contributed by atoms with van der Waals surface area (Å²) >= 11 is 0. The quantitative estimate of drug-likeness (QED) is 0.417. The number of aliphatic hydroxyl groups is 1. The van der Waals surface area contributed by atoms with E-state index in [-0.39, 0.29) is 12.2 Å². The SMILES string of the molecule is CCCCCCCCCC(O)(OC(C)C)OC(C)C. The third-order valence-electron chi connectivity index (χ3n) is 2.94. The maximum atomic E-state index is 10.3. The Morgan fingerprint density at radius 2 is 1.21 bits per heavy atom. The average molecular weight is 274 g/mol. The van der Waals surface area contributed by atoms with Crippen molar-refractivity contribution < 1.29 is 14.6 Å². The summed E-state index contributed by atoms with van der Waals surface area (Å²) in [6.07, 6.45) is 9.03. The average Bonchev–Trinajstić information content (AvgIpc) is 2.25. The van der Waals surface area contributed by atoms with Crippen molar-refractivity contribution in [3.05, 3.63) is 0 Å². The van der Waals surface area contributed by atoms with Crippen molar-refractivity contribution in [2.24, 2.45) is 0 Å². The molecule has 0 bridgehead atoms. The third-order valence-corrected chi connectivity index (χ3v) is 2.94. The molecule has 0 radical (unpaired) electrons. The van der Waals surface area contributed by atoms with Gasteiger partial charge < -0.3 is 14.6 Å². The number of hydrogen-bond acceptors (Lipinski definition) is 3. The Morgan fingerprint density at radius 1 is 0.789 bits per heavy atom. The van der Waals surface area contributed by atoms with Gasteiger partial charge in [0.1, 0.15) is 0 Å². The smallest absolute Gasteiger partial charge is 0.280 e. The van der Waals surface area contributed by atoms with E-state index < -0.39 is 5.97 Å². The van der Waals surface area contributed by atoms with Crippen molar-refractivity contribution in [2.75, 3.05) is 0 Å². The van der Waals surface area contributed by atoms with Crippen molar-refractivity contribution in [2.45, 2.75) is 104 Å². The van der Waals surface area contributed by atoms with E-state index in [1.807, 2.05) is 27.7 Å². The normalized spacial score (nSPS) is 12.6. The highest BCUT2D eigenvalue weighted by atomic mass is 16.8. The molecule has 0 aliphatic rings. The van der Waals surface area contributed by atoms with Crippen LogP contribution in [0.4, 0.5) is 0 Å². The first-order valence-electron chi connectivity index (χ1n) is 7.97. The van der Waals surface area contributed by atoms with Gasteiger partial charge in [-0.1, -0.05) is 45.4 Å². The third kappa shape index (κ3) is 11.4. The summed E-state index contributed by atoms with van der Waals surface area (Å²) in [6, 6.07) is 0. The van der Waals surface area contributed by atoms with Crippen LogP contribution in [-0.4, -0.2) is 23.3 Å². The molecule has 0 aromatic heterocycles. The molecule has 0 atom stereocenters. The van der Waals surface area contributed by atoms with E-state index in [0.717, 1.165) is 12.8 Å². The van der Waals surface area contributed by atoms with E-state index in [1.54, 1.807) is 0 Å². The maximum Gasteiger partial charge on any atom is 0.280 e. The lowest BCUT2D eigenvalue weighted by molar-refractivity contribution is -0.384. The molecule has 0 rings (SSSR count). The summed E-state index contributed by atoms with van der Waals surface area (Å²) in [5.74, 6) is -1.41. The van der Waals surface area contributed by atoms with E-state index in [1.165, 1.54) is 32.1 Å². The Hall–Kier alpha value is -0.120. The lowest BCUT2D eigenvalue weighted by atomic mass is 10.1. The monoisotopic (exact) mass is 274 g/mol. The van der Waals surface area contributed by atoms with Gasteiger partial charge in [0, 0.05) is 6.42 Å². The zero-order valence-electron chi connectivity index (χ0n) is 13.6. The van der Waals surface area contributed by atoms with Gasteiger partial charge in [-0.15, -0.1) is 0 Å². The van der Waals surface area contributed by atoms with Crippen LogP contribution in [0.25, 0.3) is 0 Å². The minimum absolute atomic E-state index is 0.0340. The largest absolute Gasteiger partial charge is 0.343 e. The molecule has 1 N–H and O–H groups in total. The van der Waals surface area contributed by atoms with Gasteiger partial charge in [-0.3, -0.25) is 0 Å². The van der Waals surface area contributed by atoms with Crippen LogP contribution in [0.2, 0.25) is 0 Å². The van der Waals surface area contributed by atoms with Crippen LogP contribution in [0.5, 0.6) is 0 Å². The van der Waals surface area contributed by atoms with Gasteiger partial charge in [-0.25, -0.2) is 0 Å². The number of unbranched alkanes of at least 4 members (excludes halogenated alkanes) is 6. The molecule has 0 aromatic rings. The molecule has 0 spiro atoms. The first-order valence-corrected chi connectivity index (χ1v) is 7.97. The molecule has 0 aliphatic carbocycles. The van der Waals surface area contributed by atoms with Crippen LogP contribution >= 0.6 is 0 Å². The standard InChI is InChI=1S/C16H34O3/c1-6-7-8-9-10-11-12-13-16(17,18-14(2)3)19-15(4)5/h14-15,17H,6-13H2,1-5H3. The van der Waals surface area contributed by atoms with Crippen LogP contribution in [0.3, 0.4) is 0 Å². The molecule has 0 heterocycles. The summed E-state index contributed by atoms with van der Waals surface area (Å²) in [7, 11) is 0. The minimum atomic E-state index is -1.41. The second-order valence-electron chi connectivity index (χ2n) is 5.92. The highest BCUT2D eigenvalue weighted by Crippen LogP contribution is 2.22. The molecule has 0 amide bonds. The Labute approximate surface area is 119 Å². The lowest BCUT2D eigenvalue weighted by Crippen LogP contribution is -2.40. The van der Waals surface area contributed by atoms with Crippen LogP contribution < -0.4 is 0 Å². The van der Waals surface area contributed by atoms with E-state index in [2.05, 4.69) is 6.92 Å². The first kappa shape index (κ1) is 18.9. The van der Waals surface area contributed by atoms with E-state index in [0.29, 0.717) is 6.42 Å². The molecular formula is C16H34O3. The second-order valence-corrected chi connectivity index (χ2v) is 5.92. The zero-order valence-corrected chi connectivity index (χ0v) is 13.6. The zero-order chi connectivity index (χ0) is 14.7. The van der Waals surface area contributed by atoms with Crippen molar-refractivity contribution >= 4 is 0 Å². The van der Waals surface area contributed by atoms with Crippen LogP contribution in [0, 0.1) is 0 Å². The molecule has 0 saturated carbocycles. The molecule has 3 heteroatoms. The van der Waals surface area contributed by atoms with Gasteiger partial charge in [0.15, 0.2) is 0 Å². The molecule has 19 heavy (non-hydrogen) atoms. The molecule has 0 saturated heterocycles. The summed E-state index contributed by atoms with van der Waals surface area (Å²) in [4.78, 5) is 0. The van der Waals surface area contributed by atoms with Crippen molar-refractivity contribution in [1.82, 2.24) is 0 Å². The Kier molecular flexibility index (Phi) is 10.6. The number of ether oxygens (including phenoxy) is 2. The van der Waals surface area contributed by atoms with Crippen molar-refractivity contribution in [3.63, 3.8) is 0 Å². The topological polar surface area (TPSA) is 38.7 Å². The fourth-order valence-electron chi connectivity index (χ4n) is 2.19. The maximum absolute atomic E-state index is 10.3. The number of hydrogen-bond donors (Lipinski definition) is 1. The first-order chi connectivity index (χ1) is 8.89. The van der Waals surface area contributed by atoms with Crippen LogP contribution in [0.15, 0.2) is 0 Å². The summed E-state index contributed by atoms with van der Waals surface area (Å²) in [6.45, 7) is 9.89. The molecule has 0 unspecified atom stereocenters. The Morgan fingerprint density at radius 3 is 1.63 bits per heavy atom. The molecule has 0 fully saturated rings. The summed E-state index contributed by atoms with van der Waals surface area (Å²) in [5, 5.41) is 10.3. The van der Waals surface area contributed by atoms with Crippen molar-refractivity contribution in [3.8, 4) is 0 Å². The molecule has 0 aromatic carbocycles. The van der Waals surface area contributed by atoms with E-state index in [4.69, 9.17) is 9.47 Å². The fourth-order valence-corrected chi connectivity index (χ4v) is 2.19. The summed E-state index contributed by atoms with van der Waals surface area (Å²) < 4.78 is 11.1. The Bertz CT molecular complexity index is 192. The van der Waals surface area contributed by atoms with E-state index in [9.17, 15) is 5.11 Å². The molecule has 3 nitrogen and oxygen atoms in total. The second kappa shape index (κ2) is 10.6. The van der Waals surface area contributed by atoms with Gasteiger partial charge in [-0.2, -0.15) is 0 Å². The van der Waals surface area contributed by atoms with Gasteiger partial charge in [0.25, 0.3) is 5.97 Å². The predicted molar refractivity (Wildman–Crippen MR) is 80.0 cm³/mol. The fraction of sp³-hybridized carbons (Fsp3) is 1.00. The van der Waals surface area contributed by atoms with Gasteiger partial charge in [-0.05, 0) is 34.1 Å². The number of rotatable bonds is 12. The lowest BCUT2D eigenvalue weighted by Gasteiger charge is -2.31. The van der Waals surface area contributed by atoms with Crippen LogP contribution in [-0.2, 0) is 9.47 Å². The highest BCUT2D eigenvalue weighted by molar-refractivity contribution is 4.60. The molecule has 0 aliphatic heterocycles. The molecular weight excluding hydrogens is 240 g/mol. The Balaban J connectivity index is 3.86. The van der Waals surface area contributed by atoms with Gasteiger partial charge >= 0.3 is 0 Å².